The first-order valence-electron chi connectivity index (χ1n) is 8.21. The van der Waals surface area contributed by atoms with Gasteiger partial charge in [0.15, 0.2) is 0 Å². The highest BCUT2D eigenvalue weighted by Gasteiger charge is 2.30. The normalized spacial score (nSPS) is 25.8. The Balaban J connectivity index is 2.09. The van der Waals surface area contributed by atoms with Gasteiger partial charge in [-0.15, -0.1) is 0 Å². The molecular formula is C18H29FN2. The molecule has 0 aromatic heterocycles. The standard InChI is InChI=1S/C18H29FN2/c1-13-8-10-15(11-9-13)18(12-20)21(3)14(2)16-6-4-5-7-17(16)19/h4-7,13-15,18H,8-12,20H2,1-3H3. The van der Waals surface area contributed by atoms with Crippen molar-refractivity contribution in [1.82, 2.24) is 4.90 Å². The summed E-state index contributed by atoms with van der Waals surface area (Å²) in [5, 5.41) is 0. The van der Waals surface area contributed by atoms with Crippen molar-refractivity contribution < 1.29 is 4.39 Å². The van der Waals surface area contributed by atoms with E-state index in [4.69, 9.17) is 5.73 Å². The van der Waals surface area contributed by atoms with E-state index >= 15 is 0 Å². The number of benzene rings is 1. The Morgan fingerprint density at radius 2 is 1.86 bits per heavy atom. The van der Waals surface area contributed by atoms with Crippen molar-refractivity contribution in [2.75, 3.05) is 13.6 Å². The van der Waals surface area contributed by atoms with E-state index in [1.165, 1.54) is 25.7 Å². The van der Waals surface area contributed by atoms with Crippen molar-refractivity contribution in [2.45, 2.75) is 51.6 Å². The largest absolute Gasteiger partial charge is 0.329 e. The maximum Gasteiger partial charge on any atom is 0.127 e. The van der Waals surface area contributed by atoms with Crippen molar-refractivity contribution in [1.29, 1.82) is 0 Å². The van der Waals surface area contributed by atoms with Gasteiger partial charge >= 0.3 is 0 Å². The minimum absolute atomic E-state index is 0.0547. The van der Waals surface area contributed by atoms with E-state index in [0.717, 1.165) is 11.5 Å². The third-order valence-corrected chi connectivity index (χ3v) is 5.34. The van der Waals surface area contributed by atoms with Crippen LogP contribution in [0.15, 0.2) is 24.3 Å². The van der Waals surface area contributed by atoms with Crippen molar-refractivity contribution >= 4 is 0 Å². The average molecular weight is 292 g/mol. The van der Waals surface area contributed by atoms with Crippen LogP contribution in [0.2, 0.25) is 0 Å². The van der Waals surface area contributed by atoms with Gasteiger partial charge in [0.1, 0.15) is 5.82 Å². The SMILES string of the molecule is CC1CCC(C(CN)N(C)C(C)c2ccccc2F)CC1. The molecule has 3 heteroatoms. The maximum absolute atomic E-state index is 14.0. The second-order valence-electron chi connectivity index (χ2n) is 6.69. The lowest BCUT2D eigenvalue weighted by molar-refractivity contribution is 0.103. The van der Waals surface area contributed by atoms with E-state index in [1.807, 2.05) is 12.1 Å². The fraction of sp³-hybridized carbons (Fsp3) is 0.667. The number of hydrogen-bond donors (Lipinski definition) is 1. The van der Waals surface area contributed by atoms with Crippen LogP contribution in [0.1, 0.15) is 51.1 Å². The van der Waals surface area contributed by atoms with Gasteiger partial charge in [0, 0.05) is 24.2 Å². The Labute approximate surface area is 128 Å². The second-order valence-corrected chi connectivity index (χ2v) is 6.69. The molecule has 1 aliphatic carbocycles. The molecule has 21 heavy (non-hydrogen) atoms. The molecule has 0 amide bonds. The monoisotopic (exact) mass is 292 g/mol. The van der Waals surface area contributed by atoms with Crippen LogP contribution in [0.3, 0.4) is 0 Å². The first kappa shape index (κ1) is 16.4. The van der Waals surface area contributed by atoms with Gasteiger partial charge < -0.3 is 5.73 Å². The topological polar surface area (TPSA) is 29.3 Å². The third kappa shape index (κ3) is 3.83. The fourth-order valence-electron chi connectivity index (χ4n) is 3.68. The smallest absolute Gasteiger partial charge is 0.127 e. The van der Waals surface area contributed by atoms with Crippen LogP contribution in [0, 0.1) is 17.7 Å². The summed E-state index contributed by atoms with van der Waals surface area (Å²) in [5.74, 6) is 1.37. The minimum atomic E-state index is -0.120. The molecule has 2 atom stereocenters. The number of likely N-dealkylation sites (N-methyl/N-ethyl adjacent to an activating group) is 1. The van der Waals surface area contributed by atoms with E-state index < -0.39 is 0 Å². The summed E-state index contributed by atoms with van der Waals surface area (Å²) in [5.41, 5.74) is 6.82. The molecule has 2 unspecified atom stereocenters. The Morgan fingerprint density at radius 3 is 2.43 bits per heavy atom. The second kappa shape index (κ2) is 7.37. The predicted octanol–water partition coefficient (Wildman–Crippen LogP) is 3.97. The van der Waals surface area contributed by atoms with Gasteiger partial charge in [-0.3, -0.25) is 4.90 Å². The van der Waals surface area contributed by atoms with Gasteiger partial charge in [0.25, 0.3) is 0 Å². The van der Waals surface area contributed by atoms with Gasteiger partial charge in [0.2, 0.25) is 0 Å². The summed E-state index contributed by atoms with van der Waals surface area (Å²) in [6.45, 7) is 5.06. The highest BCUT2D eigenvalue weighted by atomic mass is 19.1. The average Bonchev–Trinajstić information content (AvgIpc) is 2.49. The van der Waals surface area contributed by atoms with Gasteiger partial charge in [-0.05, 0) is 44.7 Å². The van der Waals surface area contributed by atoms with Crippen molar-refractivity contribution in [3.63, 3.8) is 0 Å². The molecule has 0 spiro atoms. The molecule has 0 heterocycles. The maximum atomic E-state index is 14.0. The minimum Gasteiger partial charge on any atom is -0.329 e. The highest BCUT2D eigenvalue weighted by Crippen LogP contribution is 2.34. The summed E-state index contributed by atoms with van der Waals surface area (Å²) < 4.78 is 14.0. The highest BCUT2D eigenvalue weighted by molar-refractivity contribution is 5.20. The molecular weight excluding hydrogens is 263 g/mol. The molecule has 0 saturated heterocycles. The quantitative estimate of drug-likeness (QED) is 0.889. The zero-order valence-corrected chi connectivity index (χ0v) is 13.6. The molecule has 1 saturated carbocycles. The molecule has 1 aliphatic rings. The summed E-state index contributed by atoms with van der Waals surface area (Å²) in [7, 11) is 2.09. The van der Waals surface area contributed by atoms with Crippen LogP contribution < -0.4 is 5.73 Å². The number of halogens is 1. The Hall–Kier alpha value is -0.930. The van der Waals surface area contributed by atoms with Crippen LogP contribution in [-0.2, 0) is 0 Å². The van der Waals surface area contributed by atoms with Crippen molar-refractivity contribution in [3.8, 4) is 0 Å². The molecule has 0 aliphatic heterocycles. The van der Waals surface area contributed by atoms with Crippen LogP contribution in [0.4, 0.5) is 4.39 Å². The Bertz CT molecular complexity index is 441. The molecule has 2 rings (SSSR count). The molecule has 2 nitrogen and oxygen atoms in total. The summed E-state index contributed by atoms with van der Waals surface area (Å²) in [4.78, 5) is 2.28. The van der Waals surface area contributed by atoms with Gasteiger partial charge in [-0.25, -0.2) is 4.39 Å². The number of nitrogens with zero attached hydrogens (tertiary/aromatic N) is 1. The molecule has 1 aromatic rings. The van der Waals surface area contributed by atoms with Crippen LogP contribution in [0.5, 0.6) is 0 Å². The lowest BCUT2D eigenvalue weighted by atomic mass is 9.78. The molecule has 2 N–H and O–H groups in total. The third-order valence-electron chi connectivity index (χ3n) is 5.34. The summed E-state index contributed by atoms with van der Waals surface area (Å²) in [6, 6.07) is 7.47. The molecule has 1 fully saturated rings. The van der Waals surface area contributed by atoms with Crippen LogP contribution in [0.25, 0.3) is 0 Å². The lowest BCUT2D eigenvalue weighted by Crippen LogP contribution is -2.45. The van der Waals surface area contributed by atoms with Crippen LogP contribution >= 0.6 is 0 Å². The first-order chi connectivity index (χ1) is 10.0. The Kier molecular flexibility index (Phi) is 5.77. The van der Waals surface area contributed by atoms with E-state index in [2.05, 4.69) is 25.8 Å². The summed E-state index contributed by atoms with van der Waals surface area (Å²) in [6.07, 6.45) is 5.08. The van der Waals surface area contributed by atoms with E-state index in [1.54, 1.807) is 12.1 Å². The van der Waals surface area contributed by atoms with Crippen molar-refractivity contribution in [2.24, 2.45) is 17.6 Å². The van der Waals surface area contributed by atoms with Gasteiger partial charge in [-0.1, -0.05) is 38.0 Å². The van der Waals surface area contributed by atoms with Crippen LogP contribution in [-0.4, -0.2) is 24.5 Å². The van der Waals surface area contributed by atoms with Gasteiger partial charge in [0.05, 0.1) is 0 Å². The predicted molar refractivity (Wildman–Crippen MR) is 86.5 cm³/mol. The number of rotatable bonds is 5. The fourth-order valence-corrected chi connectivity index (χ4v) is 3.68. The number of nitrogens with two attached hydrogens (primary N) is 1. The molecule has 0 radical (unpaired) electrons. The zero-order chi connectivity index (χ0) is 15.4. The molecule has 0 bridgehead atoms. The zero-order valence-electron chi connectivity index (χ0n) is 13.6. The Morgan fingerprint density at radius 1 is 1.24 bits per heavy atom. The van der Waals surface area contributed by atoms with Crippen molar-refractivity contribution in [3.05, 3.63) is 35.6 Å². The number of hydrogen-bond acceptors (Lipinski definition) is 2. The van der Waals surface area contributed by atoms with E-state index in [9.17, 15) is 4.39 Å². The molecule has 1 aromatic carbocycles. The first-order valence-corrected chi connectivity index (χ1v) is 8.21. The molecule has 118 valence electrons. The summed E-state index contributed by atoms with van der Waals surface area (Å²) >= 11 is 0. The van der Waals surface area contributed by atoms with E-state index in [-0.39, 0.29) is 11.9 Å². The van der Waals surface area contributed by atoms with Gasteiger partial charge in [-0.2, -0.15) is 0 Å². The van der Waals surface area contributed by atoms with E-state index in [0.29, 0.717) is 18.5 Å². The lowest BCUT2D eigenvalue weighted by Gasteiger charge is -2.40.